The number of amides is 1. The Morgan fingerprint density at radius 3 is 2.60 bits per heavy atom. The summed E-state index contributed by atoms with van der Waals surface area (Å²) in [6, 6.07) is 5.02. The van der Waals surface area contributed by atoms with E-state index in [1.165, 1.54) is 18.3 Å². The molecule has 0 bridgehead atoms. The van der Waals surface area contributed by atoms with Gasteiger partial charge in [-0.2, -0.15) is 5.10 Å². The highest BCUT2D eigenvalue weighted by Gasteiger charge is 2.38. The minimum absolute atomic E-state index is 0.0106. The van der Waals surface area contributed by atoms with E-state index in [1.807, 2.05) is 39.1 Å². The highest BCUT2D eigenvalue weighted by Crippen LogP contribution is 2.31. The van der Waals surface area contributed by atoms with E-state index in [2.05, 4.69) is 29.9 Å². The largest absolute Gasteiger partial charge is 0.354 e. The maximum atomic E-state index is 14.3. The molecule has 0 spiro atoms. The number of aromatic amines is 1. The monoisotopic (exact) mass is 562 g/mol. The van der Waals surface area contributed by atoms with Gasteiger partial charge < -0.3 is 14.8 Å². The number of rotatable bonds is 5. The molecule has 1 N–H and O–H groups in total. The number of carbonyl (C=O) groups is 1. The van der Waals surface area contributed by atoms with Crippen LogP contribution in [0.5, 0.6) is 0 Å². The first-order valence-electron chi connectivity index (χ1n) is 13.8. The Morgan fingerprint density at radius 1 is 1.02 bits per heavy atom. The molecule has 3 fully saturated rings. The Morgan fingerprint density at radius 2 is 1.82 bits per heavy atom. The van der Waals surface area contributed by atoms with Crippen molar-refractivity contribution >= 4 is 34.4 Å². The summed E-state index contributed by atoms with van der Waals surface area (Å²) < 4.78 is 16.2. The van der Waals surface area contributed by atoms with Crippen molar-refractivity contribution in [1.82, 2.24) is 39.5 Å². The molecule has 7 rings (SSSR count). The lowest BCUT2D eigenvalue weighted by molar-refractivity contribution is -0.138. The second kappa shape index (κ2) is 10.4. The third-order valence-electron chi connectivity index (χ3n) is 8.53. The van der Waals surface area contributed by atoms with Crippen LogP contribution in [0.1, 0.15) is 25.7 Å². The summed E-state index contributed by atoms with van der Waals surface area (Å²) in [7, 11) is 0. The summed E-state index contributed by atoms with van der Waals surface area (Å²) >= 11 is 5.84. The van der Waals surface area contributed by atoms with Gasteiger partial charge in [-0.1, -0.05) is 11.6 Å². The maximum Gasteiger partial charge on any atom is 0.225 e. The van der Waals surface area contributed by atoms with Gasteiger partial charge in [0.2, 0.25) is 5.91 Å². The van der Waals surface area contributed by atoms with E-state index in [0.29, 0.717) is 37.8 Å². The number of nitrogens with zero attached hydrogens (tertiary/aromatic N) is 8. The first kappa shape index (κ1) is 25.4. The van der Waals surface area contributed by atoms with Crippen LogP contribution in [0.15, 0.2) is 43.2 Å². The van der Waals surface area contributed by atoms with Crippen LogP contribution in [-0.2, 0) is 4.79 Å². The van der Waals surface area contributed by atoms with Crippen LogP contribution < -0.4 is 4.90 Å². The van der Waals surface area contributed by atoms with Crippen LogP contribution in [0.4, 0.5) is 10.2 Å². The molecule has 1 radical (unpaired) electrons. The Hall–Kier alpha value is -3.57. The molecule has 4 aromatic rings. The zero-order chi connectivity index (χ0) is 27.2. The summed E-state index contributed by atoms with van der Waals surface area (Å²) in [4.78, 5) is 35.7. The number of piperidine rings is 2. The van der Waals surface area contributed by atoms with Crippen molar-refractivity contribution in [2.45, 2.75) is 31.7 Å². The number of nitrogens with one attached hydrogen (secondary N) is 1. The number of fused-ring (bicyclic) bond motifs is 1. The van der Waals surface area contributed by atoms with E-state index in [9.17, 15) is 9.18 Å². The third kappa shape index (κ3) is 4.71. The van der Waals surface area contributed by atoms with E-state index >= 15 is 0 Å². The highest BCUT2D eigenvalue weighted by molar-refractivity contribution is 6.30. The molecule has 7 heterocycles. The Balaban J connectivity index is 0.884. The predicted molar refractivity (Wildman–Crippen MR) is 149 cm³/mol. The number of aromatic nitrogens is 6. The van der Waals surface area contributed by atoms with Gasteiger partial charge in [0, 0.05) is 80.8 Å². The van der Waals surface area contributed by atoms with Gasteiger partial charge in [-0.05, 0) is 37.8 Å². The number of pyridine rings is 1. The topological polar surface area (TPSA) is 99.1 Å². The Labute approximate surface area is 236 Å². The van der Waals surface area contributed by atoms with Crippen molar-refractivity contribution in [2.75, 3.05) is 44.2 Å². The molecular formula is C28H30ClFN9O. The zero-order valence-electron chi connectivity index (χ0n) is 22.0. The number of H-pyrrole nitrogens is 1. The van der Waals surface area contributed by atoms with Gasteiger partial charge in [-0.15, -0.1) is 0 Å². The fourth-order valence-electron chi connectivity index (χ4n) is 6.23. The first-order valence-corrected chi connectivity index (χ1v) is 14.2. The molecule has 40 heavy (non-hydrogen) atoms. The fourth-order valence-corrected chi connectivity index (χ4v) is 6.38. The lowest BCUT2D eigenvalue weighted by Gasteiger charge is -2.47. The molecule has 0 aromatic carbocycles. The summed E-state index contributed by atoms with van der Waals surface area (Å²) in [6.45, 7) is 4.58. The second-order valence-corrected chi connectivity index (χ2v) is 11.3. The van der Waals surface area contributed by atoms with Gasteiger partial charge >= 0.3 is 0 Å². The lowest BCUT2D eigenvalue weighted by Crippen LogP contribution is -2.57. The van der Waals surface area contributed by atoms with Gasteiger partial charge in [0.15, 0.2) is 11.6 Å². The summed E-state index contributed by atoms with van der Waals surface area (Å²) in [5.74, 6) is 0.134. The average Bonchev–Trinajstić information content (AvgIpc) is 3.63. The van der Waals surface area contributed by atoms with E-state index in [1.54, 1.807) is 6.33 Å². The van der Waals surface area contributed by atoms with E-state index in [0.717, 1.165) is 61.3 Å². The Kier molecular flexibility index (Phi) is 6.63. The van der Waals surface area contributed by atoms with Gasteiger partial charge in [0.1, 0.15) is 18.0 Å². The molecule has 207 valence electrons. The molecule has 1 amide bonds. The average molecular weight is 563 g/mol. The number of halogens is 2. The van der Waals surface area contributed by atoms with Crippen molar-refractivity contribution in [3.05, 3.63) is 60.1 Å². The summed E-state index contributed by atoms with van der Waals surface area (Å²) in [6.07, 6.45) is 12.2. The number of hydrogen-bond acceptors (Lipinski definition) is 7. The molecule has 0 atom stereocenters. The van der Waals surface area contributed by atoms with Crippen molar-refractivity contribution in [1.29, 1.82) is 0 Å². The summed E-state index contributed by atoms with van der Waals surface area (Å²) in [5, 5.41) is 5.88. The quantitative estimate of drug-likeness (QED) is 0.397. The van der Waals surface area contributed by atoms with Crippen LogP contribution in [0, 0.1) is 17.8 Å². The van der Waals surface area contributed by atoms with E-state index in [4.69, 9.17) is 11.6 Å². The molecule has 0 aliphatic carbocycles. The minimum atomic E-state index is -0.414. The highest BCUT2D eigenvalue weighted by atomic mass is 35.5. The predicted octanol–water partition coefficient (Wildman–Crippen LogP) is 3.61. The van der Waals surface area contributed by atoms with Gasteiger partial charge in [0.25, 0.3) is 0 Å². The van der Waals surface area contributed by atoms with Crippen LogP contribution in [0.3, 0.4) is 0 Å². The van der Waals surface area contributed by atoms with Crippen molar-refractivity contribution in [2.24, 2.45) is 5.92 Å². The number of hydrogen-bond donors (Lipinski definition) is 1. The minimum Gasteiger partial charge on any atom is -0.354 e. The summed E-state index contributed by atoms with van der Waals surface area (Å²) in [5.41, 5.74) is 2.68. The van der Waals surface area contributed by atoms with Gasteiger partial charge in [0.05, 0.1) is 16.9 Å². The Bertz CT molecular complexity index is 1520. The third-order valence-corrected chi connectivity index (χ3v) is 8.74. The SMILES string of the molecule is O=C(C1CCN(c2ncc(Cl)cc2F)CC1)N1CCC(N2C[C](n3cc(-c4ncnc5[nH]ccc45)cn3)C2)CC1. The van der Waals surface area contributed by atoms with E-state index in [-0.39, 0.29) is 16.8 Å². The molecule has 3 aliphatic heterocycles. The molecule has 10 nitrogen and oxygen atoms in total. The number of likely N-dealkylation sites (tertiary alicyclic amines) is 2. The van der Waals surface area contributed by atoms with Crippen LogP contribution >= 0.6 is 11.6 Å². The van der Waals surface area contributed by atoms with Gasteiger partial charge in [-0.3, -0.25) is 14.4 Å². The normalized spacial score (nSPS) is 19.9. The molecule has 0 unspecified atom stereocenters. The smallest absolute Gasteiger partial charge is 0.225 e. The molecule has 0 saturated carbocycles. The fraction of sp³-hybridized carbons (Fsp3) is 0.429. The zero-order valence-corrected chi connectivity index (χ0v) is 22.8. The number of anilines is 1. The number of carbonyl (C=O) groups excluding carboxylic acids is 1. The molecule has 4 aromatic heterocycles. The first-order chi connectivity index (χ1) is 19.5. The molecule has 12 heteroatoms. The van der Waals surface area contributed by atoms with Crippen LogP contribution in [0.2, 0.25) is 5.02 Å². The van der Waals surface area contributed by atoms with Crippen LogP contribution in [-0.4, -0.2) is 90.7 Å². The standard InChI is InChI=1S/C28H30ClFN9O/c29-20-11-24(30)27(32-13-20)36-7-2-18(3-8-36)28(40)37-9-4-21(5-10-37)38-15-22(16-38)39-14-19(12-35-39)25-23-1-6-31-26(23)34-17-33-25/h1,6,11-14,17-18,21H,2-5,7-10,15-16H2,(H,31,33,34). The van der Waals surface area contributed by atoms with Gasteiger partial charge in [-0.25, -0.2) is 19.3 Å². The van der Waals surface area contributed by atoms with Crippen molar-refractivity contribution < 1.29 is 9.18 Å². The molecule has 3 aliphatic rings. The lowest BCUT2D eigenvalue weighted by atomic mass is 9.92. The molecular weight excluding hydrogens is 533 g/mol. The van der Waals surface area contributed by atoms with Crippen molar-refractivity contribution in [3.8, 4) is 11.3 Å². The van der Waals surface area contributed by atoms with Crippen LogP contribution in [0.25, 0.3) is 22.3 Å². The molecule has 3 saturated heterocycles. The van der Waals surface area contributed by atoms with Crippen molar-refractivity contribution in [3.63, 3.8) is 0 Å². The van der Waals surface area contributed by atoms with E-state index < -0.39 is 5.82 Å². The second-order valence-electron chi connectivity index (χ2n) is 10.9. The maximum absolute atomic E-state index is 14.3.